The van der Waals surface area contributed by atoms with Gasteiger partial charge in [-0.15, -0.1) is 0 Å². The van der Waals surface area contributed by atoms with Crippen LogP contribution in [0.15, 0.2) is 42.7 Å². The molecule has 3 heterocycles. The molecule has 0 unspecified atom stereocenters. The number of rotatable bonds is 3. The number of likely N-dealkylation sites (tertiary alicyclic amines) is 1. The number of benzene rings is 1. The van der Waals surface area contributed by atoms with Gasteiger partial charge in [0, 0.05) is 57.2 Å². The second-order valence-corrected chi connectivity index (χ2v) is 7.48. The molecule has 0 radical (unpaired) electrons. The third kappa shape index (κ3) is 4.31. The van der Waals surface area contributed by atoms with Gasteiger partial charge in [0.1, 0.15) is 0 Å². The largest absolute Gasteiger partial charge is 0.335 e. The van der Waals surface area contributed by atoms with E-state index < -0.39 is 11.8 Å². The SMILES string of the molecule is O=C(C(=O)N1CCN(C(=O)c2ccc(Cn3cccn3)cc2)CC1)N1CCCC1. The fourth-order valence-corrected chi connectivity index (χ4v) is 3.82. The molecule has 1 aromatic carbocycles. The average molecular weight is 395 g/mol. The summed E-state index contributed by atoms with van der Waals surface area (Å²) in [7, 11) is 0. The van der Waals surface area contributed by atoms with E-state index in [0.717, 1.165) is 18.4 Å². The Morgan fingerprint density at radius 3 is 1.97 bits per heavy atom. The van der Waals surface area contributed by atoms with Crippen LogP contribution < -0.4 is 0 Å². The number of piperazine rings is 1. The summed E-state index contributed by atoms with van der Waals surface area (Å²) >= 11 is 0. The van der Waals surface area contributed by atoms with Crippen LogP contribution in [0, 0.1) is 0 Å². The van der Waals surface area contributed by atoms with Crippen LogP contribution in [-0.4, -0.2) is 81.5 Å². The van der Waals surface area contributed by atoms with E-state index in [-0.39, 0.29) is 5.91 Å². The van der Waals surface area contributed by atoms with Crippen LogP contribution >= 0.6 is 0 Å². The Kier molecular flexibility index (Phi) is 5.59. The highest BCUT2D eigenvalue weighted by molar-refractivity contribution is 6.35. The van der Waals surface area contributed by atoms with E-state index in [1.54, 1.807) is 20.9 Å². The Labute approximate surface area is 169 Å². The Bertz CT molecular complexity index is 864. The van der Waals surface area contributed by atoms with Crippen LogP contribution in [0.4, 0.5) is 0 Å². The first-order chi connectivity index (χ1) is 14.1. The molecule has 0 atom stereocenters. The molecule has 1 aromatic heterocycles. The standard InChI is InChI=1S/C21H25N5O3/c27-19(18-6-4-17(5-7-18)16-26-11-3-8-22-26)24-12-14-25(15-13-24)21(29)20(28)23-9-1-2-10-23/h3-8,11H,1-2,9-10,12-16H2. The minimum absolute atomic E-state index is 0.0476. The lowest BCUT2D eigenvalue weighted by atomic mass is 10.1. The van der Waals surface area contributed by atoms with Gasteiger partial charge in [-0.3, -0.25) is 19.1 Å². The summed E-state index contributed by atoms with van der Waals surface area (Å²) in [5.41, 5.74) is 1.70. The van der Waals surface area contributed by atoms with Crippen LogP contribution in [0.2, 0.25) is 0 Å². The van der Waals surface area contributed by atoms with Crippen molar-refractivity contribution < 1.29 is 14.4 Å². The first kappa shape index (κ1) is 19.2. The number of carbonyl (C=O) groups is 3. The summed E-state index contributed by atoms with van der Waals surface area (Å²) in [6.45, 7) is 3.65. The maximum Gasteiger partial charge on any atom is 0.312 e. The summed E-state index contributed by atoms with van der Waals surface area (Å²) in [4.78, 5) is 42.4. The van der Waals surface area contributed by atoms with Crippen molar-refractivity contribution in [3.63, 3.8) is 0 Å². The predicted octanol–water partition coefficient (Wildman–Crippen LogP) is 0.838. The van der Waals surface area contributed by atoms with Crippen molar-refractivity contribution in [2.75, 3.05) is 39.3 Å². The van der Waals surface area contributed by atoms with Crippen LogP contribution in [0.5, 0.6) is 0 Å². The quantitative estimate of drug-likeness (QED) is 0.722. The van der Waals surface area contributed by atoms with Crippen molar-refractivity contribution in [3.8, 4) is 0 Å². The molecule has 2 fully saturated rings. The Balaban J connectivity index is 1.30. The van der Waals surface area contributed by atoms with Gasteiger partial charge in [0.05, 0.1) is 6.54 Å². The molecule has 8 nitrogen and oxygen atoms in total. The molecule has 0 spiro atoms. The van der Waals surface area contributed by atoms with Crippen LogP contribution in [-0.2, 0) is 16.1 Å². The predicted molar refractivity (Wildman–Crippen MR) is 106 cm³/mol. The van der Waals surface area contributed by atoms with E-state index in [1.165, 1.54) is 0 Å². The van der Waals surface area contributed by atoms with Crippen LogP contribution in [0.3, 0.4) is 0 Å². The van der Waals surface area contributed by atoms with Gasteiger partial charge in [0.2, 0.25) is 0 Å². The monoisotopic (exact) mass is 395 g/mol. The third-order valence-electron chi connectivity index (χ3n) is 5.53. The van der Waals surface area contributed by atoms with E-state index in [0.29, 0.717) is 51.4 Å². The van der Waals surface area contributed by atoms with Crippen LogP contribution in [0.25, 0.3) is 0 Å². The third-order valence-corrected chi connectivity index (χ3v) is 5.53. The second kappa shape index (κ2) is 8.46. The molecule has 8 heteroatoms. The molecule has 3 amide bonds. The van der Waals surface area contributed by atoms with Gasteiger partial charge in [-0.1, -0.05) is 12.1 Å². The van der Waals surface area contributed by atoms with Gasteiger partial charge < -0.3 is 14.7 Å². The van der Waals surface area contributed by atoms with E-state index >= 15 is 0 Å². The number of hydrogen-bond acceptors (Lipinski definition) is 4. The van der Waals surface area contributed by atoms with Gasteiger partial charge in [-0.2, -0.15) is 5.10 Å². The van der Waals surface area contributed by atoms with E-state index in [1.807, 2.05) is 41.2 Å². The molecule has 2 aliphatic rings. The minimum atomic E-state index is -0.443. The molecule has 0 N–H and O–H groups in total. The molecular formula is C21H25N5O3. The molecule has 0 aliphatic carbocycles. The molecule has 2 saturated heterocycles. The van der Waals surface area contributed by atoms with Crippen molar-refractivity contribution in [1.82, 2.24) is 24.5 Å². The molecule has 2 aliphatic heterocycles. The Morgan fingerprint density at radius 1 is 0.793 bits per heavy atom. The van der Waals surface area contributed by atoms with Crippen LogP contribution in [0.1, 0.15) is 28.8 Å². The van der Waals surface area contributed by atoms with Crippen molar-refractivity contribution in [2.45, 2.75) is 19.4 Å². The zero-order valence-corrected chi connectivity index (χ0v) is 16.4. The molecular weight excluding hydrogens is 370 g/mol. The average Bonchev–Trinajstić information content (AvgIpc) is 3.47. The fourth-order valence-electron chi connectivity index (χ4n) is 3.82. The summed E-state index contributed by atoms with van der Waals surface area (Å²) in [6, 6.07) is 9.40. The molecule has 29 heavy (non-hydrogen) atoms. The lowest BCUT2D eigenvalue weighted by Gasteiger charge is -2.35. The highest BCUT2D eigenvalue weighted by Crippen LogP contribution is 2.13. The van der Waals surface area contributed by atoms with E-state index in [9.17, 15) is 14.4 Å². The topological polar surface area (TPSA) is 78.8 Å². The van der Waals surface area contributed by atoms with Gasteiger partial charge >= 0.3 is 11.8 Å². The van der Waals surface area contributed by atoms with E-state index in [4.69, 9.17) is 0 Å². The summed E-state index contributed by atoms with van der Waals surface area (Å²) in [6.07, 6.45) is 5.55. The summed E-state index contributed by atoms with van der Waals surface area (Å²) in [5.74, 6) is -0.898. The zero-order chi connectivity index (χ0) is 20.2. The van der Waals surface area contributed by atoms with Gasteiger partial charge in [-0.05, 0) is 36.6 Å². The summed E-state index contributed by atoms with van der Waals surface area (Å²) in [5, 5.41) is 4.18. The van der Waals surface area contributed by atoms with Crippen molar-refractivity contribution in [1.29, 1.82) is 0 Å². The molecule has 4 rings (SSSR count). The normalized spacial score (nSPS) is 16.9. The minimum Gasteiger partial charge on any atom is -0.335 e. The van der Waals surface area contributed by atoms with E-state index in [2.05, 4.69) is 5.10 Å². The smallest absolute Gasteiger partial charge is 0.312 e. The number of hydrogen-bond donors (Lipinski definition) is 0. The maximum absolute atomic E-state index is 12.8. The van der Waals surface area contributed by atoms with Crippen molar-refractivity contribution >= 4 is 17.7 Å². The molecule has 0 saturated carbocycles. The maximum atomic E-state index is 12.8. The van der Waals surface area contributed by atoms with Crippen molar-refractivity contribution in [3.05, 3.63) is 53.9 Å². The highest BCUT2D eigenvalue weighted by Gasteiger charge is 2.31. The number of aromatic nitrogens is 2. The zero-order valence-electron chi connectivity index (χ0n) is 16.4. The van der Waals surface area contributed by atoms with Crippen molar-refractivity contribution in [2.24, 2.45) is 0 Å². The number of carbonyl (C=O) groups excluding carboxylic acids is 3. The molecule has 2 aromatic rings. The lowest BCUT2D eigenvalue weighted by Crippen LogP contribution is -2.54. The first-order valence-corrected chi connectivity index (χ1v) is 10.1. The van der Waals surface area contributed by atoms with Gasteiger partial charge in [0.25, 0.3) is 5.91 Å². The molecule has 0 bridgehead atoms. The summed E-state index contributed by atoms with van der Waals surface area (Å²) < 4.78 is 1.83. The number of amides is 3. The Morgan fingerprint density at radius 2 is 1.38 bits per heavy atom. The van der Waals surface area contributed by atoms with Gasteiger partial charge in [0.15, 0.2) is 0 Å². The lowest BCUT2D eigenvalue weighted by molar-refractivity contribution is -0.152. The fraction of sp³-hybridized carbons (Fsp3) is 0.429. The van der Waals surface area contributed by atoms with Gasteiger partial charge in [-0.25, -0.2) is 0 Å². The second-order valence-electron chi connectivity index (χ2n) is 7.48. The first-order valence-electron chi connectivity index (χ1n) is 10.1. The molecule has 152 valence electrons. The Hall–Kier alpha value is -3.16. The highest BCUT2D eigenvalue weighted by atomic mass is 16.2. The number of nitrogens with zero attached hydrogens (tertiary/aromatic N) is 5.